The Morgan fingerprint density at radius 1 is 1.29 bits per heavy atom. The Morgan fingerprint density at radius 3 is 2.71 bits per heavy atom. The molecule has 0 unspecified atom stereocenters. The number of anilines is 1. The van der Waals surface area contributed by atoms with Crippen LogP contribution >= 0.6 is 0 Å². The molecule has 2 rings (SSSR count). The average Bonchev–Trinajstić information content (AvgIpc) is 2.29. The maximum Gasteiger partial charge on any atom is 0.223 e. The van der Waals surface area contributed by atoms with Crippen molar-refractivity contribution in [2.24, 2.45) is 0 Å². The number of aromatic nitrogens is 2. The lowest BCUT2D eigenvalue weighted by Gasteiger charge is -2.14. The average molecular weight is 232 g/mol. The van der Waals surface area contributed by atoms with Crippen molar-refractivity contribution in [3.05, 3.63) is 29.1 Å². The molecule has 0 fully saturated rings. The molecule has 2 N–H and O–H groups in total. The Morgan fingerprint density at radius 2 is 2.06 bits per heavy atom. The van der Waals surface area contributed by atoms with Crippen molar-refractivity contribution in [3.63, 3.8) is 0 Å². The fourth-order valence-electron chi connectivity index (χ4n) is 2.04. The minimum absolute atomic E-state index is 0.747. The number of hydrogen-bond donors (Lipinski definition) is 2. The molecule has 17 heavy (non-hydrogen) atoms. The van der Waals surface area contributed by atoms with E-state index in [9.17, 15) is 0 Å². The number of hydrogen-bond acceptors (Lipinski definition) is 4. The van der Waals surface area contributed by atoms with E-state index in [1.165, 1.54) is 5.57 Å². The van der Waals surface area contributed by atoms with Crippen LogP contribution < -0.4 is 10.6 Å². The van der Waals surface area contributed by atoms with E-state index >= 15 is 0 Å². The molecular formula is C13H20N4. The summed E-state index contributed by atoms with van der Waals surface area (Å²) in [5.74, 6) is 0.747. The van der Waals surface area contributed by atoms with E-state index < -0.39 is 0 Å². The summed E-state index contributed by atoms with van der Waals surface area (Å²) in [6, 6.07) is 1.99. The van der Waals surface area contributed by atoms with Crippen LogP contribution in [0.4, 0.5) is 5.95 Å². The number of rotatable bonds is 4. The quantitative estimate of drug-likeness (QED) is 0.777. The van der Waals surface area contributed by atoms with Crippen molar-refractivity contribution in [2.75, 3.05) is 25.0 Å². The summed E-state index contributed by atoms with van der Waals surface area (Å²) < 4.78 is 0. The fourth-order valence-corrected chi connectivity index (χ4v) is 2.04. The first-order chi connectivity index (χ1) is 8.24. The zero-order valence-corrected chi connectivity index (χ0v) is 10.6. The van der Waals surface area contributed by atoms with Crippen LogP contribution in [0, 0.1) is 13.8 Å². The Hall–Kier alpha value is -1.42. The van der Waals surface area contributed by atoms with E-state index in [0.717, 1.165) is 49.8 Å². The predicted molar refractivity (Wildman–Crippen MR) is 70.2 cm³/mol. The molecule has 0 aromatic carbocycles. The Kier molecular flexibility index (Phi) is 4.09. The van der Waals surface area contributed by atoms with Crippen LogP contribution in [0.15, 0.2) is 17.7 Å². The summed E-state index contributed by atoms with van der Waals surface area (Å²) in [4.78, 5) is 8.73. The summed E-state index contributed by atoms with van der Waals surface area (Å²) in [6.07, 6.45) is 4.53. The van der Waals surface area contributed by atoms with Crippen LogP contribution in [-0.4, -0.2) is 29.6 Å². The summed E-state index contributed by atoms with van der Waals surface area (Å²) >= 11 is 0. The molecule has 0 radical (unpaired) electrons. The van der Waals surface area contributed by atoms with Crippen LogP contribution in [-0.2, 0) is 0 Å². The molecule has 4 nitrogen and oxygen atoms in total. The van der Waals surface area contributed by atoms with E-state index in [1.54, 1.807) is 0 Å². The highest BCUT2D eigenvalue weighted by molar-refractivity contribution is 5.28. The lowest BCUT2D eigenvalue weighted by atomic mass is 10.1. The fraction of sp³-hybridized carbons (Fsp3) is 0.538. The minimum Gasteiger partial charge on any atom is -0.354 e. The van der Waals surface area contributed by atoms with E-state index in [4.69, 9.17) is 0 Å². The lowest BCUT2D eigenvalue weighted by molar-refractivity contribution is 0.683. The third-order valence-corrected chi connectivity index (χ3v) is 2.87. The molecule has 1 aromatic rings. The van der Waals surface area contributed by atoms with Crippen LogP contribution in [0.2, 0.25) is 0 Å². The monoisotopic (exact) mass is 232 g/mol. The molecule has 1 aliphatic rings. The van der Waals surface area contributed by atoms with Crippen LogP contribution in [0.1, 0.15) is 24.2 Å². The van der Waals surface area contributed by atoms with Gasteiger partial charge in [0.05, 0.1) is 0 Å². The van der Waals surface area contributed by atoms with Gasteiger partial charge < -0.3 is 10.6 Å². The van der Waals surface area contributed by atoms with E-state index in [1.807, 2.05) is 19.9 Å². The molecule has 0 atom stereocenters. The topological polar surface area (TPSA) is 49.8 Å². The molecule has 2 heterocycles. The van der Waals surface area contributed by atoms with Gasteiger partial charge in [-0.25, -0.2) is 9.97 Å². The van der Waals surface area contributed by atoms with Crippen molar-refractivity contribution >= 4 is 5.95 Å². The molecule has 0 saturated heterocycles. The highest BCUT2D eigenvalue weighted by Gasteiger charge is 2.03. The lowest BCUT2D eigenvalue weighted by Crippen LogP contribution is -2.21. The zero-order chi connectivity index (χ0) is 12.1. The van der Waals surface area contributed by atoms with Gasteiger partial charge >= 0.3 is 0 Å². The molecule has 0 amide bonds. The van der Waals surface area contributed by atoms with Gasteiger partial charge in [-0.15, -0.1) is 0 Å². The standard InChI is InChI=1S/C13H20N4/c1-10-9-11(2)17-13(16-10)15-8-5-12-3-6-14-7-4-12/h3,9,14H,4-8H2,1-2H3,(H,15,16,17). The van der Waals surface area contributed by atoms with Gasteiger partial charge in [-0.1, -0.05) is 11.6 Å². The second-order valence-electron chi connectivity index (χ2n) is 4.47. The molecule has 0 spiro atoms. The molecule has 0 bridgehead atoms. The van der Waals surface area contributed by atoms with Gasteiger partial charge in [0, 0.05) is 24.5 Å². The second kappa shape index (κ2) is 5.77. The molecule has 92 valence electrons. The number of aryl methyl sites for hydroxylation is 2. The number of nitrogens with zero attached hydrogens (tertiary/aromatic N) is 2. The molecule has 1 aromatic heterocycles. The first kappa shape index (κ1) is 12.0. The molecular weight excluding hydrogens is 212 g/mol. The van der Waals surface area contributed by atoms with Gasteiger partial charge in [0.2, 0.25) is 5.95 Å². The highest BCUT2D eigenvalue weighted by atomic mass is 15.1. The van der Waals surface area contributed by atoms with Crippen molar-refractivity contribution < 1.29 is 0 Å². The molecule has 0 saturated carbocycles. The van der Waals surface area contributed by atoms with Gasteiger partial charge in [0.25, 0.3) is 0 Å². The van der Waals surface area contributed by atoms with Crippen LogP contribution in [0.5, 0.6) is 0 Å². The zero-order valence-electron chi connectivity index (χ0n) is 10.6. The summed E-state index contributed by atoms with van der Waals surface area (Å²) in [5, 5.41) is 6.61. The Balaban J connectivity index is 1.83. The maximum atomic E-state index is 4.36. The van der Waals surface area contributed by atoms with Crippen molar-refractivity contribution in [1.82, 2.24) is 15.3 Å². The van der Waals surface area contributed by atoms with Gasteiger partial charge in [0.15, 0.2) is 0 Å². The van der Waals surface area contributed by atoms with E-state index in [0.29, 0.717) is 0 Å². The molecule has 4 heteroatoms. The largest absolute Gasteiger partial charge is 0.354 e. The predicted octanol–water partition coefficient (Wildman–Crippen LogP) is 1.82. The Labute approximate surface area is 103 Å². The maximum absolute atomic E-state index is 4.36. The van der Waals surface area contributed by atoms with Gasteiger partial charge in [-0.05, 0) is 39.3 Å². The van der Waals surface area contributed by atoms with Crippen LogP contribution in [0.3, 0.4) is 0 Å². The van der Waals surface area contributed by atoms with Crippen molar-refractivity contribution in [1.29, 1.82) is 0 Å². The van der Waals surface area contributed by atoms with Gasteiger partial charge in [-0.3, -0.25) is 0 Å². The van der Waals surface area contributed by atoms with Crippen LogP contribution in [0.25, 0.3) is 0 Å². The third kappa shape index (κ3) is 3.82. The van der Waals surface area contributed by atoms with E-state index in [-0.39, 0.29) is 0 Å². The molecule has 0 aliphatic carbocycles. The van der Waals surface area contributed by atoms with Crippen molar-refractivity contribution in [2.45, 2.75) is 26.7 Å². The normalized spacial score (nSPS) is 15.5. The number of nitrogens with one attached hydrogen (secondary N) is 2. The summed E-state index contributed by atoms with van der Waals surface area (Å²) in [5.41, 5.74) is 3.56. The van der Waals surface area contributed by atoms with Gasteiger partial charge in [-0.2, -0.15) is 0 Å². The van der Waals surface area contributed by atoms with Crippen molar-refractivity contribution in [3.8, 4) is 0 Å². The first-order valence-electron chi connectivity index (χ1n) is 6.19. The SMILES string of the molecule is Cc1cc(C)nc(NCCC2=CCNCC2)n1. The highest BCUT2D eigenvalue weighted by Crippen LogP contribution is 2.10. The molecule has 1 aliphatic heterocycles. The summed E-state index contributed by atoms with van der Waals surface area (Å²) in [7, 11) is 0. The third-order valence-electron chi connectivity index (χ3n) is 2.87. The second-order valence-corrected chi connectivity index (χ2v) is 4.47. The summed E-state index contributed by atoms with van der Waals surface area (Å²) in [6.45, 7) is 7.01. The van der Waals surface area contributed by atoms with Gasteiger partial charge in [0.1, 0.15) is 0 Å². The first-order valence-corrected chi connectivity index (χ1v) is 6.19. The minimum atomic E-state index is 0.747. The smallest absolute Gasteiger partial charge is 0.223 e. The Bertz CT molecular complexity index is 392. The van der Waals surface area contributed by atoms with E-state index in [2.05, 4.69) is 26.7 Å².